The monoisotopic (exact) mass is 628 g/mol. The molecule has 0 radical (unpaired) electrons. The van der Waals surface area contributed by atoms with Crippen LogP contribution in [-0.2, 0) is 32.0 Å². The van der Waals surface area contributed by atoms with Gasteiger partial charge in [0.2, 0.25) is 17.7 Å². The summed E-state index contributed by atoms with van der Waals surface area (Å²) in [6.45, 7) is 0.617. The van der Waals surface area contributed by atoms with Crippen LogP contribution in [0.25, 0.3) is 0 Å². The lowest BCUT2D eigenvalue weighted by atomic mass is 10.0. The number of aromatic hydroxyl groups is 2. The molecule has 2 rings (SSSR count). The summed E-state index contributed by atoms with van der Waals surface area (Å²) in [5.74, 6) is -3.36. The first-order valence-electron chi connectivity index (χ1n) is 14.6. The number of nitrogens with two attached hydrogens (primary N) is 4. The third kappa shape index (κ3) is 13.5. The maximum atomic E-state index is 13.6. The standard InChI is InChI=1S/C30H44N8O7/c31-14-2-1-5-23(27(42)38-25(29(44)45)17-19-8-12-21(40)13-9-19)36-28(43)24(16-18-6-10-20(39)11-7-18)37-26(41)22(32)4-3-15-35-30(33)34/h6-13,22-25,39-40H,1-5,14-17,31-32H2,(H,36,43)(H,37,41)(H,38,42)(H,44,45)(H4,33,34,35)/t22-,23-,24-,25-/m0/s1. The van der Waals surface area contributed by atoms with Gasteiger partial charge in [0.15, 0.2) is 5.96 Å². The van der Waals surface area contributed by atoms with Crippen LogP contribution >= 0.6 is 0 Å². The molecule has 15 nitrogen and oxygen atoms in total. The lowest BCUT2D eigenvalue weighted by molar-refractivity contribution is -0.142. The molecule has 15 heteroatoms. The number of carboxylic acids is 1. The second-order valence-corrected chi connectivity index (χ2v) is 10.6. The van der Waals surface area contributed by atoms with Crippen LogP contribution in [0.1, 0.15) is 43.2 Å². The highest BCUT2D eigenvalue weighted by atomic mass is 16.4. The van der Waals surface area contributed by atoms with E-state index in [4.69, 9.17) is 22.9 Å². The van der Waals surface area contributed by atoms with E-state index in [0.29, 0.717) is 36.9 Å². The molecule has 0 unspecified atom stereocenters. The van der Waals surface area contributed by atoms with Gasteiger partial charge in [-0.3, -0.25) is 19.4 Å². The van der Waals surface area contributed by atoms with Gasteiger partial charge >= 0.3 is 5.97 Å². The third-order valence-electron chi connectivity index (χ3n) is 6.88. The molecule has 0 bridgehead atoms. The van der Waals surface area contributed by atoms with Crippen LogP contribution in [0, 0.1) is 0 Å². The number of carboxylic acid groups (broad SMARTS) is 1. The number of unbranched alkanes of at least 4 members (excludes halogenated alkanes) is 1. The SMILES string of the molecule is NCCCC[C@H](NC(=O)[C@H](Cc1ccc(O)cc1)NC(=O)[C@@H](N)CCCN=C(N)N)C(=O)N[C@@H](Cc1ccc(O)cc1)C(=O)O. The van der Waals surface area contributed by atoms with E-state index in [-0.39, 0.29) is 49.7 Å². The minimum atomic E-state index is -1.32. The number of hydrogen-bond donors (Lipinski definition) is 10. The van der Waals surface area contributed by atoms with Gasteiger partial charge in [0, 0.05) is 19.4 Å². The van der Waals surface area contributed by atoms with Gasteiger partial charge in [-0.05, 0) is 74.0 Å². The normalized spacial score (nSPS) is 13.5. The van der Waals surface area contributed by atoms with Crippen LogP contribution in [-0.4, -0.2) is 82.2 Å². The number of benzene rings is 2. The lowest BCUT2D eigenvalue weighted by Crippen LogP contribution is -2.57. The van der Waals surface area contributed by atoms with Crippen molar-refractivity contribution in [2.24, 2.45) is 27.9 Å². The average Bonchev–Trinajstić information content (AvgIpc) is 2.99. The quantitative estimate of drug-likeness (QED) is 0.0508. The predicted octanol–water partition coefficient (Wildman–Crippen LogP) is -1.07. The van der Waals surface area contributed by atoms with E-state index in [0.717, 1.165) is 0 Å². The molecule has 0 aromatic heterocycles. The number of guanidine groups is 1. The number of nitrogens with zero attached hydrogens (tertiary/aromatic N) is 1. The second-order valence-electron chi connectivity index (χ2n) is 10.6. The van der Waals surface area contributed by atoms with E-state index in [1.165, 1.54) is 24.3 Å². The molecule has 3 amide bonds. The van der Waals surface area contributed by atoms with E-state index in [1.807, 2.05) is 0 Å². The number of hydrogen-bond acceptors (Lipinski definition) is 9. The van der Waals surface area contributed by atoms with E-state index >= 15 is 0 Å². The van der Waals surface area contributed by atoms with Gasteiger partial charge in [0.05, 0.1) is 6.04 Å². The van der Waals surface area contributed by atoms with Crippen molar-refractivity contribution in [3.8, 4) is 11.5 Å². The first kappa shape index (κ1) is 36.3. The maximum absolute atomic E-state index is 13.6. The van der Waals surface area contributed by atoms with E-state index in [1.54, 1.807) is 24.3 Å². The van der Waals surface area contributed by atoms with Gasteiger partial charge in [0.1, 0.15) is 29.6 Å². The highest BCUT2D eigenvalue weighted by Gasteiger charge is 2.30. The molecule has 0 saturated carbocycles. The maximum Gasteiger partial charge on any atom is 0.326 e. The molecular formula is C30H44N8O7. The fourth-order valence-electron chi connectivity index (χ4n) is 4.38. The number of rotatable bonds is 19. The summed E-state index contributed by atoms with van der Waals surface area (Å²) in [5, 5.41) is 36.8. The van der Waals surface area contributed by atoms with E-state index in [2.05, 4.69) is 20.9 Å². The number of amides is 3. The van der Waals surface area contributed by atoms with Crippen molar-refractivity contribution in [2.45, 2.75) is 69.1 Å². The van der Waals surface area contributed by atoms with Gasteiger partial charge in [-0.2, -0.15) is 0 Å². The Morgan fingerprint density at radius 1 is 0.689 bits per heavy atom. The van der Waals surface area contributed by atoms with Gasteiger partial charge in [0.25, 0.3) is 0 Å². The van der Waals surface area contributed by atoms with Crippen molar-refractivity contribution in [1.29, 1.82) is 0 Å². The number of nitrogens with one attached hydrogen (secondary N) is 3. The largest absolute Gasteiger partial charge is 0.508 e. The molecule has 0 spiro atoms. The van der Waals surface area contributed by atoms with Crippen LogP contribution in [0.5, 0.6) is 11.5 Å². The summed E-state index contributed by atoms with van der Waals surface area (Å²) >= 11 is 0. The Morgan fingerprint density at radius 3 is 1.69 bits per heavy atom. The van der Waals surface area contributed by atoms with Crippen molar-refractivity contribution in [3.05, 3.63) is 59.7 Å². The minimum absolute atomic E-state index is 0.00825. The van der Waals surface area contributed by atoms with Crippen molar-refractivity contribution < 1.29 is 34.5 Å². The Balaban J connectivity index is 2.22. The Kier molecular flexibility index (Phi) is 15.1. The van der Waals surface area contributed by atoms with Crippen molar-refractivity contribution in [1.82, 2.24) is 16.0 Å². The van der Waals surface area contributed by atoms with Gasteiger partial charge < -0.3 is 54.2 Å². The molecular weight excluding hydrogens is 584 g/mol. The van der Waals surface area contributed by atoms with Crippen molar-refractivity contribution in [2.75, 3.05) is 13.1 Å². The first-order chi connectivity index (χ1) is 21.4. The zero-order valence-electron chi connectivity index (χ0n) is 25.0. The fraction of sp³-hybridized carbons (Fsp3) is 0.433. The third-order valence-corrected chi connectivity index (χ3v) is 6.88. The summed E-state index contributed by atoms with van der Waals surface area (Å²) < 4.78 is 0. The summed E-state index contributed by atoms with van der Waals surface area (Å²) in [4.78, 5) is 55.8. The number of phenols is 2. The van der Waals surface area contributed by atoms with Gasteiger partial charge in [-0.15, -0.1) is 0 Å². The molecule has 246 valence electrons. The average molecular weight is 629 g/mol. The molecule has 45 heavy (non-hydrogen) atoms. The smallest absolute Gasteiger partial charge is 0.326 e. The number of aliphatic carboxylic acids is 1. The summed E-state index contributed by atoms with van der Waals surface area (Å²) in [5.41, 5.74) is 23.5. The molecule has 0 aliphatic carbocycles. The number of carbonyl (C=O) groups excluding carboxylic acids is 3. The summed E-state index contributed by atoms with van der Waals surface area (Å²) in [6.07, 6.45) is 1.76. The highest BCUT2D eigenvalue weighted by Crippen LogP contribution is 2.14. The second kappa shape index (κ2) is 18.7. The molecule has 0 saturated heterocycles. The molecule has 14 N–H and O–H groups in total. The molecule has 2 aromatic carbocycles. The zero-order chi connectivity index (χ0) is 33.4. The molecule has 2 aromatic rings. The lowest BCUT2D eigenvalue weighted by Gasteiger charge is -2.25. The Bertz CT molecular complexity index is 1280. The Morgan fingerprint density at radius 2 is 1.18 bits per heavy atom. The molecule has 0 aliphatic heterocycles. The fourth-order valence-corrected chi connectivity index (χ4v) is 4.38. The first-order valence-corrected chi connectivity index (χ1v) is 14.6. The Hall–Kier alpha value is -4.89. The molecule has 0 aliphatic rings. The Labute approximate surface area is 261 Å². The van der Waals surface area contributed by atoms with Crippen LogP contribution in [0.15, 0.2) is 53.5 Å². The molecule has 0 fully saturated rings. The van der Waals surface area contributed by atoms with Crippen LogP contribution in [0.3, 0.4) is 0 Å². The van der Waals surface area contributed by atoms with E-state index in [9.17, 15) is 34.5 Å². The number of carbonyl (C=O) groups is 4. The number of phenolic OH excluding ortho intramolecular Hbond substituents is 2. The number of aliphatic imine (C=N–C) groups is 1. The predicted molar refractivity (Wildman–Crippen MR) is 168 cm³/mol. The van der Waals surface area contributed by atoms with E-state index < -0.39 is 47.9 Å². The van der Waals surface area contributed by atoms with Crippen LogP contribution < -0.4 is 38.9 Å². The van der Waals surface area contributed by atoms with Gasteiger partial charge in [-0.25, -0.2) is 4.79 Å². The summed E-state index contributed by atoms with van der Waals surface area (Å²) in [6, 6.07) is 7.34. The van der Waals surface area contributed by atoms with Gasteiger partial charge in [-0.1, -0.05) is 24.3 Å². The van der Waals surface area contributed by atoms with Crippen molar-refractivity contribution in [3.63, 3.8) is 0 Å². The zero-order valence-corrected chi connectivity index (χ0v) is 25.0. The summed E-state index contributed by atoms with van der Waals surface area (Å²) in [7, 11) is 0. The van der Waals surface area contributed by atoms with Crippen molar-refractivity contribution >= 4 is 29.7 Å². The minimum Gasteiger partial charge on any atom is -0.508 e. The van der Waals surface area contributed by atoms with Crippen LogP contribution in [0.4, 0.5) is 0 Å². The van der Waals surface area contributed by atoms with Crippen LogP contribution in [0.2, 0.25) is 0 Å². The highest BCUT2D eigenvalue weighted by molar-refractivity contribution is 5.94. The topological polar surface area (TPSA) is 282 Å². The molecule has 4 atom stereocenters. The molecule has 0 heterocycles.